The summed E-state index contributed by atoms with van der Waals surface area (Å²) in [5.41, 5.74) is 7.68. The Morgan fingerprint density at radius 1 is 1.00 bits per heavy atom. The predicted octanol–water partition coefficient (Wildman–Crippen LogP) is 3.44. The smallest absolute Gasteiger partial charge is 0.159 e. The molecule has 140 valence electrons. The van der Waals surface area contributed by atoms with Crippen molar-refractivity contribution in [1.82, 2.24) is 25.6 Å². The van der Waals surface area contributed by atoms with Gasteiger partial charge in [0.05, 0.1) is 11.3 Å². The summed E-state index contributed by atoms with van der Waals surface area (Å²) >= 11 is 6.07. The fraction of sp³-hybridized carbons (Fsp3) is 0.300. The van der Waals surface area contributed by atoms with Gasteiger partial charge in [0, 0.05) is 55.7 Å². The number of rotatable bonds is 5. The molecule has 27 heavy (non-hydrogen) atoms. The zero-order chi connectivity index (χ0) is 18.6. The van der Waals surface area contributed by atoms with Crippen LogP contribution in [-0.2, 0) is 0 Å². The number of H-pyrrole nitrogens is 1. The topological polar surface area (TPSA) is 60.1 Å². The minimum atomic E-state index is 0.725. The molecule has 1 aliphatic rings. The molecule has 3 heterocycles. The summed E-state index contributed by atoms with van der Waals surface area (Å²) in [5, 5.41) is 11.0. The molecule has 0 radical (unpaired) electrons. The van der Waals surface area contributed by atoms with E-state index < -0.39 is 0 Å². The molecule has 2 aromatic heterocycles. The number of nitrogens with zero attached hydrogens (tertiary/aromatic N) is 4. The van der Waals surface area contributed by atoms with Crippen molar-refractivity contribution < 1.29 is 0 Å². The molecule has 4 rings (SSSR count). The van der Waals surface area contributed by atoms with E-state index in [0.29, 0.717) is 0 Å². The number of hydrogen-bond acceptors (Lipinski definition) is 5. The van der Waals surface area contributed by atoms with Crippen molar-refractivity contribution in [1.29, 1.82) is 0 Å². The summed E-state index contributed by atoms with van der Waals surface area (Å²) in [5.74, 6) is 0.988. The lowest BCUT2D eigenvalue weighted by molar-refractivity contribution is 0.181. The van der Waals surface area contributed by atoms with Gasteiger partial charge in [-0.25, -0.2) is 5.01 Å². The summed E-state index contributed by atoms with van der Waals surface area (Å²) in [6, 6.07) is 11.9. The lowest BCUT2D eigenvalue weighted by Gasteiger charge is -2.35. The quantitative estimate of drug-likeness (QED) is 0.707. The van der Waals surface area contributed by atoms with E-state index >= 15 is 0 Å². The number of anilines is 1. The molecule has 0 aliphatic carbocycles. The number of pyridine rings is 1. The maximum absolute atomic E-state index is 6.07. The first-order valence-electron chi connectivity index (χ1n) is 9.24. The van der Waals surface area contributed by atoms with Crippen LogP contribution in [0.5, 0.6) is 0 Å². The van der Waals surface area contributed by atoms with Gasteiger partial charge in [0.25, 0.3) is 0 Å². The van der Waals surface area contributed by atoms with Gasteiger partial charge in [-0.1, -0.05) is 30.7 Å². The third kappa shape index (κ3) is 3.83. The van der Waals surface area contributed by atoms with Gasteiger partial charge in [-0.2, -0.15) is 5.10 Å². The summed E-state index contributed by atoms with van der Waals surface area (Å²) in [6.07, 6.45) is 3.64. The standard InChI is InChI=1S/C20H23ClN6/c1-2-23-27-13-11-26(12-14-27)20-18(15-7-9-22-10-8-15)19(24-25-20)16-3-5-17(21)6-4-16/h3-10,23H,2,11-14H2,1H3,(H,24,25). The highest BCUT2D eigenvalue weighted by molar-refractivity contribution is 6.30. The van der Waals surface area contributed by atoms with Crippen LogP contribution in [0.3, 0.4) is 0 Å². The molecule has 7 heteroatoms. The first kappa shape index (κ1) is 18.0. The van der Waals surface area contributed by atoms with Crippen LogP contribution in [0.25, 0.3) is 22.4 Å². The SMILES string of the molecule is CCNN1CCN(c2n[nH]c(-c3ccc(Cl)cc3)c2-c2ccncc2)CC1. The maximum Gasteiger partial charge on any atom is 0.159 e. The van der Waals surface area contributed by atoms with E-state index in [1.165, 1.54) is 0 Å². The van der Waals surface area contributed by atoms with Gasteiger partial charge >= 0.3 is 0 Å². The Kier molecular flexibility index (Phi) is 5.38. The Morgan fingerprint density at radius 3 is 2.37 bits per heavy atom. The second-order valence-corrected chi connectivity index (χ2v) is 6.96. The van der Waals surface area contributed by atoms with Gasteiger partial charge in [0.2, 0.25) is 0 Å². The van der Waals surface area contributed by atoms with E-state index in [9.17, 15) is 0 Å². The minimum absolute atomic E-state index is 0.725. The molecule has 6 nitrogen and oxygen atoms in total. The maximum atomic E-state index is 6.07. The average molecular weight is 383 g/mol. The summed E-state index contributed by atoms with van der Waals surface area (Å²) in [7, 11) is 0. The molecule has 0 amide bonds. The monoisotopic (exact) mass is 382 g/mol. The van der Waals surface area contributed by atoms with Crippen LogP contribution in [0.2, 0.25) is 5.02 Å². The number of benzene rings is 1. The summed E-state index contributed by atoms with van der Waals surface area (Å²) in [6.45, 7) is 6.86. The van der Waals surface area contributed by atoms with Crippen LogP contribution in [-0.4, -0.2) is 52.9 Å². The number of aromatic nitrogens is 3. The molecule has 0 saturated carbocycles. The van der Waals surface area contributed by atoms with Crippen molar-refractivity contribution in [2.24, 2.45) is 0 Å². The van der Waals surface area contributed by atoms with Crippen LogP contribution < -0.4 is 10.3 Å². The highest BCUT2D eigenvalue weighted by Gasteiger charge is 2.24. The first-order valence-corrected chi connectivity index (χ1v) is 9.62. The molecule has 3 aromatic rings. The molecule has 1 aliphatic heterocycles. The Bertz CT molecular complexity index is 869. The fourth-order valence-electron chi connectivity index (χ4n) is 3.48. The molecule has 0 unspecified atom stereocenters. The summed E-state index contributed by atoms with van der Waals surface area (Å²) in [4.78, 5) is 6.51. The van der Waals surface area contributed by atoms with Crippen molar-refractivity contribution in [3.05, 3.63) is 53.8 Å². The van der Waals surface area contributed by atoms with Gasteiger partial charge in [-0.15, -0.1) is 0 Å². The van der Waals surface area contributed by atoms with E-state index in [1.807, 2.05) is 48.8 Å². The zero-order valence-corrected chi connectivity index (χ0v) is 16.1. The normalized spacial score (nSPS) is 15.3. The van der Waals surface area contributed by atoms with Crippen LogP contribution in [0.15, 0.2) is 48.8 Å². The number of hydrazine groups is 1. The van der Waals surface area contributed by atoms with Gasteiger partial charge in [0.1, 0.15) is 0 Å². The Labute approximate surface area is 164 Å². The lowest BCUT2D eigenvalue weighted by Crippen LogP contribution is -2.52. The van der Waals surface area contributed by atoms with Gasteiger partial charge in [-0.3, -0.25) is 15.5 Å². The van der Waals surface area contributed by atoms with Crippen molar-refractivity contribution in [2.75, 3.05) is 37.6 Å². The number of piperazine rings is 1. The first-order chi connectivity index (χ1) is 13.3. The summed E-state index contributed by atoms with van der Waals surface area (Å²) < 4.78 is 0. The molecule has 2 N–H and O–H groups in total. The van der Waals surface area contributed by atoms with E-state index in [0.717, 1.165) is 65.9 Å². The number of aromatic amines is 1. The molecule has 1 aromatic carbocycles. The molecular formula is C20H23ClN6. The van der Waals surface area contributed by atoms with Crippen molar-refractivity contribution >= 4 is 17.4 Å². The molecule has 0 spiro atoms. The van der Waals surface area contributed by atoms with Crippen LogP contribution >= 0.6 is 11.6 Å². The highest BCUT2D eigenvalue weighted by Crippen LogP contribution is 2.38. The van der Waals surface area contributed by atoms with Crippen LogP contribution in [0, 0.1) is 0 Å². The van der Waals surface area contributed by atoms with Crippen molar-refractivity contribution in [3.63, 3.8) is 0 Å². The Morgan fingerprint density at radius 2 is 1.70 bits per heavy atom. The fourth-order valence-corrected chi connectivity index (χ4v) is 3.60. The number of nitrogens with one attached hydrogen (secondary N) is 2. The number of halogens is 1. The third-order valence-electron chi connectivity index (χ3n) is 4.81. The highest BCUT2D eigenvalue weighted by atomic mass is 35.5. The van der Waals surface area contributed by atoms with Gasteiger partial charge in [-0.05, 0) is 29.8 Å². The van der Waals surface area contributed by atoms with E-state index in [1.54, 1.807) is 0 Å². The van der Waals surface area contributed by atoms with Crippen LogP contribution in [0.4, 0.5) is 5.82 Å². The minimum Gasteiger partial charge on any atom is -0.352 e. The van der Waals surface area contributed by atoms with Gasteiger partial charge < -0.3 is 4.90 Å². The second-order valence-electron chi connectivity index (χ2n) is 6.53. The molecule has 1 fully saturated rings. The number of hydrogen-bond donors (Lipinski definition) is 2. The average Bonchev–Trinajstić information content (AvgIpc) is 3.15. The lowest BCUT2D eigenvalue weighted by atomic mass is 10.0. The largest absolute Gasteiger partial charge is 0.352 e. The van der Waals surface area contributed by atoms with Crippen LogP contribution in [0.1, 0.15) is 6.92 Å². The Balaban J connectivity index is 1.71. The zero-order valence-electron chi connectivity index (χ0n) is 15.3. The van der Waals surface area contributed by atoms with Crippen molar-refractivity contribution in [3.8, 4) is 22.4 Å². The molecule has 1 saturated heterocycles. The van der Waals surface area contributed by atoms with E-state index in [4.69, 9.17) is 16.7 Å². The van der Waals surface area contributed by atoms with Crippen molar-refractivity contribution in [2.45, 2.75) is 6.92 Å². The Hall–Kier alpha value is -2.41. The predicted molar refractivity (Wildman–Crippen MR) is 110 cm³/mol. The van der Waals surface area contributed by atoms with Gasteiger partial charge in [0.15, 0.2) is 5.82 Å². The molecular weight excluding hydrogens is 360 g/mol. The van der Waals surface area contributed by atoms with E-state index in [-0.39, 0.29) is 0 Å². The van der Waals surface area contributed by atoms with E-state index in [2.05, 4.69) is 32.3 Å². The molecule has 0 bridgehead atoms. The molecule has 0 atom stereocenters. The second kappa shape index (κ2) is 8.08. The third-order valence-corrected chi connectivity index (χ3v) is 5.06.